The molecule has 4 heterocycles. The molecule has 0 N–H and O–H groups in total. The molecule has 4 rings (SSSR count). The molecule has 0 spiro atoms. The summed E-state index contributed by atoms with van der Waals surface area (Å²) in [7, 11) is 0. The lowest BCUT2D eigenvalue weighted by atomic mass is 10.1. The Kier molecular flexibility index (Phi) is 4.40. The molecule has 0 unspecified atom stereocenters. The Balaban J connectivity index is 1.92. The number of aromatic nitrogens is 3. The van der Waals surface area contributed by atoms with E-state index in [4.69, 9.17) is 15.5 Å². The van der Waals surface area contributed by atoms with Gasteiger partial charge >= 0.3 is 0 Å². The highest BCUT2D eigenvalue weighted by Crippen LogP contribution is 2.31. The van der Waals surface area contributed by atoms with Crippen molar-refractivity contribution in [3.8, 4) is 45.4 Å². The van der Waals surface area contributed by atoms with E-state index in [1.165, 1.54) is 0 Å². The van der Waals surface area contributed by atoms with E-state index >= 15 is 0 Å². The first-order valence-corrected chi connectivity index (χ1v) is 8.96. The summed E-state index contributed by atoms with van der Waals surface area (Å²) >= 11 is 1.63. The van der Waals surface area contributed by atoms with Crippen LogP contribution in [0.4, 0.5) is 0 Å². The maximum absolute atomic E-state index is 9.13. The van der Waals surface area contributed by atoms with Gasteiger partial charge in [-0.25, -0.2) is 15.0 Å². The van der Waals surface area contributed by atoms with Crippen LogP contribution in [0.1, 0.15) is 11.4 Å². The van der Waals surface area contributed by atoms with Crippen molar-refractivity contribution in [2.45, 2.75) is 0 Å². The second-order valence-electron chi connectivity index (χ2n) is 5.64. The van der Waals surface area contributed by atoms with Gasteiger partial charge in [0.15, 0.2) is 0 Å². The fourth-order valence-corrected chi connectivity index (χ4v) is 3.37. The van der Waals surface area contributed by atoms with E-state index in [-0.39, 0.29) is 0 Å². The van der Waals surface area contributed by atoms with Crippen molar-refractivity contribution < 1.29 is 0 Å². The molecule has 27 heavy (non-hydrogen) atoms. The first kappa shape index (κ1) is 16.6. The van der Waals surface area contributed by atoms with E-state index in [0.29, 0.717) is 34.2 Å². The largest absolute Gasteiger partial charge is 0.244 e. The van der Waals surface area contributed by atoms with Crippen LogP contribution in [0.3, 0.4) is 0 Å². The van der Waals surface area contributed by atoms with Gasteiger partial charge in [-0.1, -0.05) is 18.2 Å². The summed E-state index contributed by atoms with van der Waals surface area (Å²) in [6.07, 6.45) is 0. The Morgan fingerprint density at radius 1 is 0.667 bits per heavy atom. The van der Waals surface area contributed by atoms with Gasteiger partial charge in [0.2, 0.25) is 0 Å². The average molecular weight is 365 g/mol. The highest BCUT2D eigenvalue weighted by Gasteiger charge is 2.12. The minimum atomic E-state index is 0.335. The van der Waals surface area contributed by atoms with Gasteiger partial charge in [0.1, 0.15) is 23.5 Å². The van der Waals surface area contributed by atoms with Crippen molar-refractivity contribution in [1.29, 1.82) is 10.5 Å². The van der Waals surface area contributed by atoms with Gasteiger partial charge in [0.05, 0.1) is 22.8 Å². The Morgan fingerprint density at radius 2 is 1.26 bits per heavy atom. The van der Waals surface area contributed by atoms with Gasteiger partial charge in [-0.05, 0) is 53.4 Å². The first-order valence-electron chi connectivity index (χ1n) is 8.08. The van der Waals surface area contributed by atoms with Crippen LogP contribution in [0, 0.1) is 22.7 Å². The molecule has 126 valence electrons. The normalized spacial score (nSPS) is 10.1. The summed E-state index contributed by atoms with van der Waals surface area (Å²) < 4.78 is 0. The number of nitriles is 2. The third-order valence-corrected chi connectivity index (χ3v) is 4.80. The second kappa shape index (κ2) is 7.17. The first-order chi connectivity index (χ1) is 13.3. The van der Waals surface area contributed by atoms with Crippen molar-refractivity contribution in [2.24, 2.45) is 0 Å². The van der Waals surface area contributed by atoms with Crippen LogP contribution in [0.15, 0.2) is 66.0 Å². The minimum Gasteiger partial charge on any atom is -0.244 e. The zero-order valence-corrected chi connectivity index (χ0v) is 14.8. The molecule has 0 radical (unpaired) electrons. The molecule has 0 aliphatic carbocycles. The molecule has 4 aromatic rings. The molecule has 0 saturated carbocycles. The lowest BCUT2D eigenvalue weighted by Crippen LogP contribution is -1.95. The Morgan fingerprint density at radius 3 is 1.74 bits per heavy atom. The van der Waals surface area contributed by atoms with Crippen molar-refractivity contribution in [2.75, 3.05) is 0 Å². The number of hydrogen-bond acceptors (Lipinski definition) is 6. The maximum atomic E-state index is 9.13. The molecule has 0 saturated heterocycles. The molecular weight excluding hydrogens is 354 g/mol. The zero-order valence-electron chi connectivity index (χ0n) is 14.0. The van der Waals surface area contributed by atoms with Crippen LogP contribution in [0.2, 0.25) is 0 Å². The van der Waals surface area contributed by atoms with Crippen LogP contribution >= 0.6 is 11.3 Å². The molecule has 0 aliphatic heterocycles. The molecule has 6 heteroatoms. The van der Waals surface area contributed by atoms with E-state index in [2.05, 4.69) is 22.1 Å². The predicted molar refractivity (Wildman–Crippen MR) is 103 cm³/mol. The maximum Gasteiger partial charge on any atom is 0.141 e. The van der Waals surface area contributed by atoms with Gasteiger partial charge in [-0.3, -0.25) is 0 Å². The van der Waals surface area contributed by atoms with Crippen molar-refractivity contribution >= 4 is 11.3 Å². The van der Waals surface area contributed by atoms with Gasteiger partial charge in [0, 0.05) is 4.88 Å². The predicted octanol–water partition coefficient (Wildman–Crippen LogP) is 4.68. The highest BCUT2D eigenvalue weighted by molar-refractivity contribution is 7.13. The smallest absolute Gasteiger partial charge is 0.141 e. The van der Waals surface area contributed by atoms with E-state index in [9.17, 15) is 0 Å². The van der Waals surface area contributed by atoms with Crippen LogP contribution in [-0.2, 0) is 0 Å². The number of hydrogen-bond donors (Lipinski definition) is 0. The second-order valence-corrected chi connectivity index (χ2v) is 6.59. The number of rotatable bonds is 3. The Hall–Kier alpha value is -3.87. The fourth-order valence-electron chi connectivity index (χ4n) is 2.66. The highest BCUT2D eigenvalue weighted by atomic mass is 32.1. The molecule has 0 atom stereocenters. The standard InChI is InChI=1S/C21H11N5S/c22-12-15-4-1-6-17(24-15)19-10-14(21-8-3-9-27-21)11-20(26-19)18-7-2-5-16(13-23)25-18/h1-11H. The Bertz CT molecular complexity index is 1120. The molecular formula is C21H11N5S. The summed E-state index contributed by atoms with van der Waals surface area (Å²) in [6, 6.07) is 22.6. The van der Waals surface area contributed by atoms with Gasteiger partial charge < -0.3 is 0 Å². The number of nitrogens with zero attached hydrogens (tertiary/aromatic N) is 5. The summed E-state index contributed by atoms with van der Waals surface area (Å²) in [5.74, 6) is 0. The number of thiophene rings is 1. The zero-order chi connectivity index (χ0) is 18.6. The van der Waals surface area contributed by atoms with E-state index in [1.54, 1.807) is 35.6 Å². The third kappa shape index (κ3) is 3.43. The minimum absolute atomic E-state index is 0.335. The molecule has 5 nitrogen and oxygen atoms in total. The Labute approximate surface area is 159 Å². The number of pyridine rings is 3. The summed E-state index contributed by atoms with van der Waals surface area (Å²) in [5.41, 5.74) is 4.19. The van der Waals surface area contributed by atoms with Gasteiger partial charge in [-0.2, -0.15) is 10.5 Å². The van der Waals surface area contributed by atoms with Gasteiger partial charge in [-0.15, -0.1) is 11.3 Å². The molecule has 0 aliphatic rings. The van der Waals surface area contributed by atoms with Crippen LogP contribution < -0.4 is 0 Å². The van der Waals surface area contributed by atoms with Gasteiger partial charge in [0.25, 0.3) is 0 Å². The van der Waals surface area contributed by atoms with E-state index < -0.39 is 0 Å². The monoisotopic (exact) mass is 365 g/mol. The SMILES string of the molecule is N#Cc1cccc(-c2cc(-c3cccs3)cc(-c3cccc(C#N)n3)n2)n1. The summed E-state index contributed by atoms with van der Waals surface area (Å²) in [4.78, 5) is 14.5. The van der Waals surface area contributed by atoms with Crippen molar-refractivity contribution in [1.82, 2.24) is 15.0 Å². The van der Waals surface area contributed by atoms with Crippen LogP contribution in [0.25, 0.3) is 33.2 Å². The summed E-state index contributed by atoms with van der Waals surface area (Å²) in [5, 5.41) is 20.3. The molecule has 0 fully saturated rings. The van der Waals surface area contributed by atoms with E-state index in [0.717, 1.165) is 10.4 Å². The van der Waals surface area contributed by atoms with Crippen molar-refractivity contribution in [3.63, 3.8) is 0 Å². The van der Waals surface area contributed by atoms with Crippen LogP contribution in [-0.4, -0.2) is 15.0 Å². The quantitative estimate of drug-likeness (QED) is 0.526. The molecule has 4 aromatic heterocycles. The van der Waals surface area contributed by atoms with Crippen molar-refractivity contribution in [3.05, 3.63) is 77.4 Å². The lowest BCUT2D eigenvalue weighted by Gasteiger charge is -2.08. The average Bonchev–Trinajstić information content (AvgIpc) is 3.28. The molecule has 0 bridgehead atoms. The van der Waals surface area contributed by atoms with Crippen LogP contribution in [0.5, 0.6) is 0 Å². The fraction of sp³-hybridized carbons (Fsp3) is 0. The van der Waals surface area contributed by atoms with E-state index in [1.807, 2.05) is 41.8 Å². The summed E-state index contributed by atoms with van der Waals surface area (Å²) in [6.45, 7) is 0. The topological polar surface area (TPSA) is 86.2 Å². The molecule has 0 aromatic carbocycles. The molecule has 0 amide bonds. The third-order valence-electron chi connectivity index (χ3n) is 3.88. The lowest BCUT2D eigenvalue weighted by molar-refractivity contribution is 1.19.